The van der Waals surface area contributed by atoms with Gasteiger partial charge in [-0.2, -0.15) is 5.10 Å². The van der Waals surface area contributed by atoms with Crippen molar-refractivity contribution in [3.05, 3.63) is 68.8 Å². The van der Waals surface area contributed by atoms with Gasteiger partial charge in [0.2, 0.25) is 0 Å². The van der Waals surface area contributed by atoms with E-state index in [4.69, 9.17) is 34.8 Å². The van der Waals surface area contributed by atoms with E-state index in [1.807, 2.05) is 31.2 Å². The highest BCUT2D eigenvalue weighted by atomic mass is 35.5. The maximum absolute atomic E-state index is 11.5. The summed E-state index contributed by atoms with van der Waals surface area (Å²) in [6.45, 7) is 1.96. The topological polar surface area (TPSA) is 57.9 Å². The Morgan fingerprint density at radius 1 is 1.04 bits per heavy atom. The molecule has 0 unspecified atom stereocenters. The van der Waals surface area contributed by atoms with Gasteiger partial charge in [-0.15, -0.1) is 0 Å². The first-order valence-electron chi connectivity index (χ1n) is 6.90. The van der Waals surface area contributed by atoms with Crippen LogP contribution in [0.25, 0.3) is 16.9 Å². The van der Waals surface area contributed by atoms with E-state index in [2.05, 4.69) is 5.10 Å². The van der Waals surface area contributed by atoms with E-state index >= 15 is 0 Å². The van der Waals surface area contributed by atoms with Gasteiger partial charge in [0.05, 0.1) is 27.4 Å². The number of benzene rings is 2. The largest absolute Gasteiger partial charge is 0.543 e. The zero-order chi connectivity index (χ0) is 17.4. The van der Waals surface area contributed by atoms with Crippen molar-refractivity contribution in [1.82, 2.24) is 9.78 Å². The summed E-state index contributed by atoms with van der Waals surface area (Å²) in [7, 11) is 0. The minimum Gasteiger partial charge on any atom is -0.543 e. The lowest BCUT2D eigenvalue weighted by atomic mass is 10.1. The molecule has 0 spiro atoms. The Morgan fingerprint density at radius 2 is 1.62 bits per heavy atom. The van der Waals surface area contributed by atoms with Gasteiger partial charge < -0.3 is 9.90 Å². The van der Waals surface area contributed by atoms with Crippen LogP contribution in [0.4, 0.5) is 0 Å². The van der Waals surface area contributed by atoms with Gasteiger partial charge in [-0.05, 0) is 25.1 Å². The third kappa shape index (κ3) is 3.13. The number of aromatic carboxylic acids is 1. The van der Waals surface area contributed by atoms with Crippen LogP contribution < -0.4 is 5.11 Å². The van der Waals surface area contributed by atoms with Crippen molar-refractivity contribution in [2.45, 2.75) is 6.92 Å². The molecule has 0 atom stereocenters. The van der Waals surface area contributed by atoms with Crippen molar-refractivity contribution in [2.75, 3.05) is 0 Å². The van der Waals surface area contributed by atoms with E-state index in [1.165, 1.54) is 18.2 Å². The average Bonchev–Trinajstić information content (AvgIpc) is 2.92. The molecular formula is C17H10Cl3N2O2-. The maximum atomic E-state index is 11.5. The molecule has 0 aliphatic rings. The number of carbonyl (C=O) groups is 1. The SMILES string of the molecule is Cc1ccc(-c2cc(C(=O)[O-])n(-c3c(Cl)cc(Cl)cc3Cl)n2)cc1. The molecule has 4 nitrogen and oxygen atoms in total. The first-order chi connectivity index (χ1) is 11.4. The third-order valence-electron chi connectivity index (χ3n) is 3.46. The van der Waals surface area contributed by atoms with Crippen molar-refractivity contribution >= 4 is 40.8 Å². The van der Waals surface area contributed by atoms with Gasteiger partial charge in [0.15, 0.2) is 0 Å². The first kappa shape index (κ1) is 16.8. The summed E-state index contributed by atoms with van der Waals surface area (Å²) >= 11 is 18.3. The second-order valence-corrected chi connectivity index (χ2v) is 6.45. The number of halogens is 3. The molecule has 0 amide bonds. The van der Waals surface area contributed by atoms with E-state index in [1.54, 1.807) is 0 Å². The second kappa shape index (κ2) is 6.48. The molecule has 0 N–H and O–H groups in total. The normalized spacial score (nSPS) is 10.8. The highest BCUT2D eigenvalue weighted by Gasteiger charge is 2.17. The van der Waals surface area contributed by atoms with Gasteiger partial charge in [-0.1, -0.05) is 64.6 Å². The molecule has 3 aromatic rings. The lowest BCUT2D eigenvalue weighted by molar-refractivity contribution is -0.255. The fourth-order valence-corrected chi connectivity index (χ4v) is 3.28. The summed E-state index contributed by atoms with van der Waals surface area (Å²) < 4.78 is 1.16. The summed E-state index contributed by atoms with van der Waals surface area (Å²) in [4.78, 5) is 11.5. The fourth-order valence-electron chi connectivity index (χ4n) is 2.30. The van der Waals surface area contributed by atoms with Crippen LogP contribution >= 0.6 is 34.8 Å². The second-order valence-electron chi connectivity index (χ2n) is 5.20. The monoisotopic (exact) mass is 379 g/mol. The number of hydrogen-bond acceptors (Lipinski definition) is 3. The van der Waals surface area contributed by atoms with Crippen molar-refractivity contribution in [1.29, 1.82) is 0 Å². The minimum atomic E-state index is -1.39. The maximum Gasteiger partial charge on any atom is 0.103 e. The number of carboxylic acids is 1. The van der Waals surface area contributed by atoms with Gasteiger partial charge in [-0.3, -0.25) is 0 Å². The summed E-state index contributed by atoms with van der Waals surface area (Å²) in [6.07, 6.45) is 0. The van der Waals surface area contributed by atoms with Gasteiger partial charge in [0, 0.05) is 10.6 Å². The Labute approximate surface area is 153 Å². The van der Waals surface area contributed by atoms with Gasteiger partial charge in [0.25, 0.3) is 0 Å². The molecule has 0 saturated carbocycles. The van der Waals surface area contributed by atoms with Gasteiger partial charge in [-0.25, -0.2) is 4.68 Å². The number of rotatable bonds is 3. The van der Waals surface area contributed by atoms with Crippen molar-refractivity contribution < 1.29 is 9.90 Å². The van der Waals surface area contributed by atoms with E-state index in [9.17, 15) is 9.90 Å². The molecule has 24 heavy (non-hydrogen) atoms. The molecule has 7 heteroatoms. The predicted octanol–water partition coefficient (Wildman–Crippen LogP) is 4.17. The number of carboxylic acid groups (broad SMARTS) is 1. The van der Waals surface area contributed by atoms with Gasteiger partial charge in [0.1, 0.15) is 5.69 Å². The molecule has 122 valence electrons. The van der Waals surface area contributed by atoms with Crippen LogP contribution in [0.2, 0.25) is 15.1 Å². The standard InChI is InChI=1S/C17H11Cl3N2O2/c1-9-2-4-10(5-3-9)14-8-15(17(23)24)22(21-14)16-12(19)6-11(18)7-13(16)20/h2-8H,1H3,(H,23,24)/p-1. The zero-order valence-corrected chi connectivity index (χ0v) is 14.7. The van der Waals surface area contributed by atoms with Crippen molar-refractivity contribution in [3.8, 4) is 16.9 Å². The molecule has 1 heterocycles. The molecule has 0 fully saturated rings. The molecule has 0 radical (unpaired) electrons. The Bertz CT molecular complexity index is 911. The summed E-state index contributed by atoms with van der Waals surface area (Å²) in [5, 5.41) is 16.6. The Morgan fingerprint density at radius 3 is 2.17 bits per heavy atom. The Hall–Kier alpha value is -2.01. The van der Waals surface area contributed by atoms with E-state index in [-0.39, 0.29) is 21.4 Å². The van der Waals surface area contributed by atoms with Crippen LogP contribution in [0.15, 0.2) is 42.5 Å². The molecule has 2 aromatic carbocycles. The van der Waals surface area contributed by atoms with E-state index < -0.39 is 5.97 Å². The summed E-state index contributed by atoms with van der Waals surface area (Å²) in [5.74, 6) is -1.39. The minimum absolute atomic E-state index is 0.156. The van der Waals surface area contributed by atoms with Gasteiger partial charge >= 0.3 is 0 Å². The highest BCUT2D eigenvalue weighted by molar-refractivity contribution is 6.40. The number of carbonyl (C=O) groups excluding carboxylic acids is 1. The number of hydrogen-bond donors (Lipinski definition) is 0. The quantitative estimate of drug-likeness (QED) is 0.685. The van der Waals surface area contributed by atoms with Crippen LogP contribution in [0.5, 0.6) is 0 Å². The molecular weight excluding hydrogens is 371 g/mol. The molecule has 0 aliphatic carbocycles. The molecule has 0 bridgehead atoms. The first-order valence-corrected chi connectivity index (χ1v) is 8.03. The predicted molar refractivity (Wildman–Crippen MR) is 93.1 cm³/mol. The number of aromatic nitrogens is 2. The summed E-state index contributed by atoms with van der Waals surface area (Å²) in [6, 6.07) is 11.9. The fraction of sp³-hybridized carbons (Fsp3) is 0.0588. The lowest BCUT2D eigenvalue weighted by Gasteiger charge is -2.11. The van der Waals surface area contributed by atoms with Crippen LogP contribution in [-0.2, 0) is 0 Å². The zero-order valence-electron chi connectivity index (χ0n) is 12.4. The third-order valence-corrected chi connectivity index (χ3v) is 4.25. The number of nitrogens with zero attached hydrogens (tertiary/aromatic N) is 2. The molecule has 1 aromatic heterocycles. The van der Waals surface area contributed by atoms with E-state index in [0.717, 1.165) is 15.8 Å². The van der Waals surface area contributed by atoms with Crippen LogP contribution in [-0.4, -0.2) is 15.7 Å². The van der Waals surface area contributed by atoms with E-state index in [0.29, 0.717) is 10.7 Å². The Kier molecular flexibility index (Phi) is 4.54. The summed E-state index contributed by atoms with van der Waals surface area (Å²) in [5.41, 5.74) is 2.40. The van der Waals surface area contributed by atoms with Crippen LogP contribution in [0.1, 0.15) is 16.1 Å². The van der Waals surface area contributed by atoms with Crippen molar-refractivity contribution in [3.63, 3.8) is 0 Å². The smallest absolute Gasteiger partial charge is 0.103 e. The highest BCUT2D eigenvalue weighted by Crippen LogP contribution is 2.33. The van der Waals surface area contributed by atoms with Crippen LogP contribution in [0.3, 0.4) is 0 Å². The van der Waals surface area contributed by atoms with Crippen LogP contribution in [0, 0.1) is 6.92 Å². The lowest BCUT2D eigenvalue weighted by Crippen LogP contribution is -2.25. The Balaban J connectivity index is 2.22. The molecule has 3 rings (SSSR count). The van der Waals surface area contributed by atoms with Crippen molar-refractivity contribution in [2.24, 2.45) is 0 Å². The molecule has 0 aliphatic heterocycles. The average molecular weight is 381 g/mol. The molecule has 0 saturated heterocycles. The number of aryl methyl sites for hydroxylation is 1.